The van der Waals surface area contributed by atoms with E-state index in [-0.39, 0.29) is 5.91 Å². The fourth-order valence-corrected chi connectivity index (χ4v) is 3.06. The molecule has 0 spiro atoms. The number of piperazine rings is 1. The van der Waals surface area contributed by atoms with E-state index in [1.807, 2.05) is 19.1 Å². The molecule has 1 aliphatic heterocycles. The molecule has 1 saturated heterocycles. The van der Waals surface area contributed by atoms with Gasteiger partial charge in [0, 0.05) is 39.4 Å². The molecule has 7 heteroatoms. The van der Waals surface area contributed by atoms with Crippen LogP contribution in [-0.4, -0.2) is 60.5 Å². The maximum atomic E-state index is 12.4. The van der Waals surface area contributed by atoms with Crippen LogP contribution in [0.3, 0.4) is 0 Å². The molecular weight excluding hydrogens is 330 g/mol. The van der Waals surface area contributed by atoms with Crippen molar-refractivity contribution in [1.29, 1.82) is 5.26 Å². The molecule has 1 amide bonds. The first-order valence-corrected chi connectivity index (χ1v) is 8.68. The SMILES string of the molecule is Cc1ccc(CN(C)C(=O)CN2CCN(c3ncccc3C#N)CC2)o1. The number of nitriles is 1. The Labute approximate surface area is 153 Å². The number of anilines is 1. The van der Waals surface area contributed by atoms with E-state index in [0.717, 1.165) is 43.5 Å². The third-order valence-electron chi connectivity index (χ3n) is 4.55. The Bertz CT molecular complexity index is 802. The minimum absolute atomic E-state index is 0.0723. The number of carbonyl (C=O) groups is 1. The summed E-state index contributed by atoms with van der Waals surface area (Å²) in [5, 5.41) is 9.22. The smallest absolute Gasteiger partial charge is 0.236 e. The monoisotopic (exact) mass is 353 g/mol. The van der Waals surface area contributed by atoms with E-state index < -0.39 is 0 Å². The van der Waals surface area contributed by atoms with E-state index in [1.54, 1.807) is 30.3 Å². The summed E-state index contributed by atoms with van der Waals surface area (Å²) in [7, 11) is 1.80. The molecule has 0 atom stereocenters. The number of pyridine rings is 1. The third kappa shape index (κ3) is 4.21. The standard InChI is InChI=1S/C19H23N5O2/c1-15-5-6-17(26-15)13-22(2)18(25)14-23-8-10-24(11-9-23)19-16(12-20)4-3-7-21-19/h3-7H,8-11,13-14H2,1-2H3. The van der Waals surface area contributed by atoms with Crippen molar-refractivity contribution in [2.45, 2.75) is 13.5 Å². The van der Waals surface area contributed by atoms with Crippen LogP contribution in [0, 0.1) is 18.3 Å². The summed E-state index contributed by atoms with van der Waals surface area (Å²) in [4.78, 5) is 22.7. The second-order valence-corrected chi connectivity index (χ2v) is 6.51. The summed E-state index contributed by atoms with van der Waals surface area (Å²) < 4.78 is 5.53. The lowest BCUT2D eigenvalue weighted by atomic mass is 10.2. The van der Waals surface area contributed by atoms with Crippen LogP contribution < -0.4 is 4.90 Å². The molecule has 7 nitrogen and oxygen atoms in total. The summed E-state index contributed by atoms with van der Waals surface area (Å²) in [5.41, 5.74) is 0.588. The number of aromatic nitrogens is 1. The van der Waals surface area contributed by atoms with Crippen LogP contribution in [0.25, 0.3) is 0 Å². The molecule has 26 heavy (non-hydrogen) atoms. The number of carbonyl (C=O) groups excluding carboxylic acids is 1. The Kier molecular flexibility index (Phi) is 5.54. The van der Waals surface area contributed by atoms with Gasteiger partial charge >= 0.3 is 0 Å². The van der Waals surface area contributed by atoms with E-state index >= 15 is 0 Å². The maximum absolute atomic E-state index is 12.4. The predicted octanol–water partition coefficient (Wildman–Crippen LogP) is 1.64. The number of rotatable bonds is 5. The first kappa shape index (κ1) is 18.0. The highest BCUT2D eigenvalue weighted by Gasteiger charge is 2.23. The number of nitrogens with zero attached hydrogens (tertiary/aromatic N) is 5. The highest BCUT2D eigenvalue weighted by Crippen LogP contribution is 2.18. The minimum atomic E-state index is 0.0723. The molecule has 0 unspecified atom stereocenters. The topological polar surface area (TPSA) is 76.6 Å². The number of amides is 1. The van der Waals surface area contributed by atoms with E-state index in [1.165, 1.54) is 0 Å². The van der Waals surface area contributed by atoms with Crippen molar-refractivity contribution in [3.8, 4) is 6.07 Å². The second kappa shape index (κ2) is 8.02. The first-order valence-electron chi connectivity index (χ1n) is 8.68. The van der Waals surface area contributed by atoms with Crippen molar-refractivity contribution in [3.05, 3.63) is 47.5 Å². The molecule has 2 aromatic rings. The van der Waals surface area contributed by atoms with Crippen LogP contribution in [0.4, 0.5) is 5.82 Å². The van der Waals surface area contributed by atoms with Crippen LogP contribution in [-0.2, 0) is 11.3 Å². The molecule has 0 aliphatic carbocycles. The zero-order valence-electron chi connectivity index (χ0n) is 15.2. The van der Waals surface area contributed by atoms with Gasteiger partial charge in [-0.25, -0.2) is 4.98 Å². The Balaban J connectivity index is 1.50. The van der Waals surface area contributed by atoms with Gasteiger partial charge in [-0.2, -0.15) is 5.26 Å². The predicted molar refractivity (Wildman–Crippen MR) is 97.5 cm³/mol. The van der Waals surface area contributed by atoms with Gasteiger partial charge in [0.2, 0.25) is 5.91 Å². The Hall–Kier alpha value is -2.85. The zero-order valence-corrected chi connectivity index (χ0v) is 15.2. The van der Waals surface area contributed by atoms with Crippen LogP contribution >= 0.6 is 0 Å². The minimum Gasteiger partial charge on any atom is -0.464 e. The fourth-order valence-electron chi connectivity index (χ4n) is 3.06. The highest BCUT2D eigenvalue weighted by molar-refractivity contribution is 5.78. The molecule has 1 aliphatic rings. The summed E-state index contributed by atoms with van der Waals surface area (Å²) in [6.45, 7) is 5.79. The highest BCUT2D eigenvalue weighted by atomic mass is 16.3. The average Bonchev–Trinajstić information content (AvgIpc) is 3.07. The van der Waals surface area contributed by atoms with Crippen molar-refractivity contribution in [1.82, 2.24) is 14.8 Å². The van der Waals surface area contributed by atoms with Crippen molar-refractivity contribution < 1.29 is 9.21 Å². The molecule has 3 heterocycles. The number of furan rings is 1. The van der Waals surface area contributed by atoms with Gasteiger partial charge in [0.05, 0.1) is 18.7 Å². The number of likely N-dealkylation sites (N-methyl/N-ethyl adjacent to an activating group) is 1. The van der Waals surface area contributed by atoms with E-state index in [2.05, 4.69) is 20.9 Å². The van der Waals surface area contributed by atoms with Crippen LogP contribution in [0.5, 0.6) is 0 Å². The Morgan fingerprint density at radius 1 is 1.31 bits per heavy atom. The van der Waals surface area contributed by atoms with E-state index in [9.17, 15) is 10.1 Å². The Morgan fingerprint density at radius 3 is 2.73 bits per heavy atom. The average molecular weight is 353 g/mol. The molecule has 3 rings (SSSR count). The molecule has 0 bridgehead atoms. The lowest BCUT2D eigenvalue weighted by Crippen LogP contribution is -2.50. The van der Waals surface area contributed by atoms with Gasteiger partial charge in [-0.05, 0) is 31.2 Å². The summed E-state index contributed by atoms with van der Waals surface area (Å²) in [6.07, 6.45) is 1.71. The molecule has 0 N–H and O–H groups in total. The molecule has 0 radical (unpaired) electrons. The second-order valence-electron chi connectivity index (χ2n) is 6.51. The largest absolute Gasteiger partial charge is 0.464 e. The van der Waals surface area contributed by atoms with Crippen LogP contribution in [0.15, 0.2) is 34.9 Å². The molecule has 0 saturated carbocycles. The fraction of sp³-hybridized carbons (Fsp3) is 0.421. The molecule has 2 aromatic heterocycles. The third-order valence-corrected chi connectivity index (χ3v) is 4.55. The lowest BCUT2D eigenvalue weighted by molar-refractivity contribution is -0.132. The number of hydrogen-bond acceptors (Lipinski definition) is 6. The van der Waals surface area contributed by atoms with Gasteiger partial charge in [-0.15, -0.1) is 0 Å². The summed E-state index contributed by atoms with van der Waals surface area (Å²) in [6, 6.07) is 9.54. The van der Waals surface area contributed by atoms with Crippen LogP contribution in [0.1, 0.15) is 17.1 Å². The van der Waals surface area contributed by atoms with Gasteiger partial charge in [0.15, 0.2) is 0 Å². The summed E-state index contributed by atoms with van der Waals surface area (Å²) >= 11 is 0. The van der Waals surface area contributed by atoms with Gasteiger partial charge in [-0.3, -0.25) is 9.69 Å². The first-order chi connectivity index (χ1) is 12.6. The van der Waals surface area contributed by atoms with Crippen molar-refractivity contribution in [3.63, 3.8) is 0 Å². The number of hydrogen-bond donors (Lipinski definition) is 0. The summed E-state index contributed by atoms with van der Waals surface area (Å²) in [5.74, 6) is 2.44. The van der Waals surface area contributed by atoms with Gasteiger partial charge < -0.3 is 14.2 Å². The van der Waals surface area contributed by atoms with Crippen molar-refractivity contribution >= 4 is 11.7 Å². The molecule has 0 aromatic carbocycles. The van der Waals surface area contributed by atoms with Gasteiger partial charge in [0.25, 0.3) is 0 Å². The molecular formula is C19H23N5O2. The van der Waals surface area contributed by atoms with Gasteiger partial charge in [0.1, 0.15) is 23.4 Å². The van der Waals surface area contributed by atoms with E-state index in [0.29, 0.717) is 18.7 Å². The lowest BCUT2D eigenvalue weighted by Gasteiger charge is -2.35. The maximum Gasteiger partial charge on any atom is 0.236 e. The normalized spacial score (nSPS) is 14.9. The van der Waals surface area contributed by atoms with Gasteiger partial charge in [-0.1, -0.05) is 0 Å². The van der Waals surface area contributed by atoms with Crippen LogP contribution in [0.2, 0.25) is 0 Å². The van der Waals surface area contributed by atoms with E-state index in [4.69, 9.17) is 4.42 Å². The molecule has 1 fully saturated rings. The Morgan fingerprint density at radius 2 is 2.08 bits per heavy atom. The number of aryl methyl sites for hydroxylation is 1. The quantitative estimate of drug-likeness (QED) is 0.813. The molecule has 136 valence electrons. The van der Waals surface area contributed by atoms with Crippen molar-refractivity contribution in [2.75, 3.05) is 44.7 Å². The zero-order chi connectivity index (χ0) is 18.5. The van der Waals surface area contributed by atoms with Crippen molar-refractivity contribution in [2.24, 2.45) is 0 Å².